The van der Waals surface area contributed by atoms with Crippen molar-refractivity contribution in [2.24, 2.45) is 5.92 Å². The van der Waals surface area contributed by atoms with Crippen LogP contribution in [0, 0.1) is 17.6 Å². The molecule has 36 heavy (non-hydrogen) atoms. The first kappa shape index (κ1) is 27.3. The number of hydrogen-bond acceptors (Lipinski definition) is 5. The van der Waals surface area contributed by atoms with Gasteiger partial charge >= 0.3 is 0 Å². The van der Waals surface area contributed by atoms with Crippen molar-refractivity contribution >= 4 is 17.8 Å². The second-order valence-corrected chi connectivity index (χ2v) is 9.30. The topological polar surface area (TPSA) is 57.3 Å². The minimum absolute atomic E-state index is 0.217. The molecule has 1 atom stereocenters. The Morgan fingerprint density at radius 1 is 1.06 bits per heavy atom. The quantitative estimate of drug-likeness (QED) is 0.394. The summed E-state index contributed by atoms with van der Waals surface area (Å²) in [5.41, 5.74) is 4.22. The molecule has 0 spiro atoms. The van der Waals surface area contributed by atoms with Gasteiger partial charge in [-0.15, -0.1) is 0 Å². The Labute approximate surface area is 212 Å². The van der Waals surface area contributed by atoms with Crippen LogP contribution in [-0.2, 0) is 11.3 Å². The van der Waals surface area contributed by atoms with Gasteiger partial charge in [-0.1, -0.05) is 26.0 Å². The molecule has 192 valence electrons. The number of carbonyl (C=O) groups is 1. The van der Waals surface area contributed by atoms with Gasteiger partial charge in [-0.3, -0.25) is 0 Å². The molecule has 1 unspecified atom stereocenters. The van der Waals surface area contributed by atoms with E-state index in [1.165, 1.54) is 36.6 Å². The molecule has 2 aromatic carbocycles. The number of aldehydes is 1. The number of nitrogens with zero attached hydrogens (tertiary/aromatic N) is 2. The van der Waals surface area contributed by atoms with Gasteiger partial charge in [-0.25, -0.2) is 13.8 Å². The normalized spacial score (nSPS) is 14.6. The zero-order valence-electron chi connectivity index (χ0n) is 21.5. The molecule has 1 saturated heterocycles. The van der Waals surface area contributed by atoms with Crippen LogP contribution in [0.4, 0.5) is 20.3 Å². The molecule has 1 aromatic heterocycles. The summed E-state index contributed by atoms with van der Waals surface area (Å²) in [6, 6.07) is 15.5. The molecule has 0 amide bonds. The van der Waals surface area contributed by atoms with Gasteiger partial charge in [0.2, 0.25) is 0 Å². The zero-order valence-corrected chi connectivity index (χ0v) is 21.5. The SMILES string of the molecule is CNCc1ccc(-c2ccc(F)cc2)nc1N1CCC(C)CC1.CNc1ccc(C(C)C=O)cc1F. The number of aromatic nitrogens is 1. The highest BCUT2D eigenvalue weighted by molar-refractivity contribution is 5.64. The highest BCUT2D eigenvalue weighted by atomic mass is 19.1. The number of pyridine rings is 1. The maximum Gasteiger partial charge on any atom is 0.146 e. The summed E-state index contributed by atoms with van der Waals surface area (Å²) in [5.74, 6) is 1.06. The minimum Gasteiger partial charge on any atom is -0.386 e. The van der Waals surface area contributed by atoms with Crippen LogP contribution in [0.3, 0.4) is 0 Å². The maximum atomic E-state index is 13.2. The van der Waals surface area contributed by atoms with E-state index >= 15 is 0 Å². The second-order valence-electron chi connectivity index (χ2n) is 9.30. The lowest BCUT2D eigenvalue weighted by Gasteiger charge is -2.32. The largest absolute Gasteiger partial charge is 0.386 e. The number of hydrogen-bond donors (Lipinski definition) is 2. The van der Waals surface area contributed by atoms with Gasteiger partial charge in [0.25, 0.3) is 0 Å². The summed E-state index contributed by atoms with van der Waals surface area (Å²) in [4.78, 5) is 17.7. The smallest absolute Gasteiger partial charge is 0.146 e. The predicted molar refractivity (Wildman–Crippen MR) is 143 cm³/mol. The molecule has 0 bridgehead atoms. The molecule has 3 aromatic rings. The fraction of sp³-hybridized carbons (Fsp3) is 0.379. The zero-order chi connectivity index (χ0) is 26.1. The third-order valence-electron chi connectivity index (χ3n) is 6.54. The highest BCUT2D eigenvalue weighted by Crippen LogP contribution is 2.28. The van der Waals surface area contributed by atoms with E-state index in [0.29, 0.717) is 11.3 Å². The van der Waals surface area contributed by atoms with Gasteiger partial charge in [0.05, 0.1) is 11.4 Å². The Hall–Kier alpha value is -3.32. The molecule has 0 saturated carbocycles. The van der Waals surface area contributed by atoms with E-state index in [1.54, 1.807) is 38.2 Å². The van der Waals surface area contributed by atoms with Gasteiger partial charge in [-0.2, -0.15) is 0 Å². The summed E-state index contributed by atoms with van der Waals surface area (Å²) in [6.45, 7) is 6.96. The molecule has 2 N–H and O–H groups in total. The van der Waals surface area contributed by atoms with E-state index in [1.807, 2.05) is 13.1 Å². The summed E-state index contributed by atoms with van der Waals surface area (Å²) < 4.78 is 26.3. The van der Waals surface area contributed by atoms with Crippen molar-refractivity contribution in [2.75, 3.05) is 37.4 Å². The summed E-state index contributed by atoms with van der Waals surface area (Å²) in [6.07, 6.45) is 3.22. The molecule has 1 aliphatic heterocycles. The number of rotatable bonds is 7. The number of anilines is 2. The first-order chi connectivity index (χ1) is 17.4. The van der Waals surface area contributed by atoms with Crippen LogP contribution < -0.4 is 15.5 Å². The molecule has 1 aliphatic rings. The van der Waals surface area contributed by atoms with E-state index in [2.05, 4.69) is 28.5 Å². The molecule has 7 heteroatoms. The van der Waals surface area contributed by atoms with E-state index < -0.39 is 0 Å². The van der Waals surface area contributed by atoms with Crippen LogP contribution in [-0.4, -0.2) is 38.5 Å². The van der Waals surface area contributed by atoms with E-state index in [-0.39, 0.29) is 17.6 Å². The molecule has 5 nitrogen and oxygen atoms in total. The highest BCUT2D eigenvalue weighted by Gasteiger charge is 2.20. The number of nitrogens with one attached hydrogen (secondary N) is 2. The van der Waals surface area contributed by atoms with Crippen LogP contribution in [0.5, 0.6) is 0 Å². The van der Waals surface area contributed by atoms with E-state index in [0.717, 1.165) is 48.9 Å². The number of benzene rings is 2. The van der Waals surface area contributed by atoms with Crippen molar-refractivity contribution in [1.29, 1.82) is 0 Å². The standard InChI is InChI=1S/C19H24FN3.C10H12FNO/c1-14-9-11-23(12-10-14)19-16(13-21-2)5-8-18(22-19)15-3-6-17(20)7-4-15;1-7(6-13)8-3-4-10(12-2)9(11)5-8/h3-8,14,21H,9-13H2,1-2H3;3-7,12H,1-2H3. The maximum absolute atomic E-state index is 13.2. The third kappa shape index (κ3) is 7.10. The van der Waals surface area contributed by atoms with Gasteiger partial charge in [-0.05, 0) is 73.8 Å². The molecular formula is C29H36F2N4O. The fourth-order valence-electron chi connectivity index (χ4n) is 4.18. The Morgan fingerprint density at radius 2 is 1.75 bits per heavy atom. The van der Waals surface area contributed by atoms with Crippen LogP contribution in [0.1, 0.15) is 43.7 Å². The lowest BCUT2D eigenvalue weighted by Crippen LogP contribution is -2.34. The van der Waals surface area contributed by atoms with Gasteiger partial charge < -0.3 is 20.3 Å². The van der Waals surface area contributed by atoms with E-state index in [9.17, 15) is 13.6 Å². The molecule has 0 radical (unpaired) electrons. The monoisotopic (exact) mass is 494 g/mol. The second kappa shape index (κ2) is 13.1. The number of halogens is 2. The summed E-state index contributed by atoms with van der Waals surface area (Å²) >= 11 is 0. The van der Waals surface area contributed by atoms with E-state index in [4.69, 9.17) is 4.98 Å². The minimum atomic E-state index is -0.325. The Balaban J connectivity index is 0.000000236. The summed E-state index contributed by atoms with van der Waals surface area (Å²) in [7, 11) is 3.61. The third-order valence-corrected chi connectivity index (χ3v) is 6.54. The molecular weight excluding hydrogens is 458 g/mol. The van der Waals surface area contributed by atoms with Gasteiger partial charge in [0.1, 0.15) is 23.7 Å². The molecule has 4 rings (SSSR count). The Bertz CT molecular complexity index is 1130. The Kier molecular flexibility index (Phi) is 9.94. The van der Waals surface area contributed by atoms with Crippen LogP contribution >= 0.6 is 0 Å². The Morgan fingerprint density at radius 3 is 2.33 bits per heavy atom. The van der Waals surface area contributed by atoms with Crippen LogP contribution in [0.15, 0.2) is 54.6 Å². The molecule has 1 fully saturated rings. The lowest BCUT2D eigenvalue weighted by atomic mass is 9.99. The average molecular weight is 495 g/mol. The van der Waals surface area contributed by atoms with Crippen molar-refractivity contribution in [1.82, 2.24) is 10.3 Å². The summed E-state index contributed by atoms with van der Waals surface area (Å²) in [5, 5.41) is 5.94. The average Bonchev–Trinajstić information content (AvgIpc) is 2.90. The first-order valence-electron chi connectivity index (χ1n) is 12.4. The number of carbonyl (C=O) groups excluding carboxylic acids is 1. The van der Waals surface area contributed by atoms with Crippen molar-refractivity contribution in [3.05, 3.63) is 77.4 Å². The predicted octanol–water partition coefficient (Wildman–Crippen LogP) is 6.01. The van der Waals surface area contributed by atoms with Crippen molar-refractivity contribution in [3.63, 3.8) is 0 Å². The van der Waals surface area contributed by atoms with Crippen LogP contribution in [0.25, 0.3) is 11.3 Å². The number of piperidine rings is 1. The van der Waals surface area contributed by atoms with Crippen molar-refractivity contribution in [3.8, 4) is 11.3 Å². The lowest BCUT2D eigenvalue weighted by molar-refractivity contribution is -0.108. The van der Waals surface area contributed by atoms with Crippen molar-refractivity contribution < 1.29 is 13.6 Å². The van der Waals surface area contributed by atoms with Crippen molar-refractivity contribution in [2.45, 2.75) is 39.2 Å². The molecule has 0 aliphatic carbocycles. The first-order valence-corrected chi connectivity index (χ1v) is 12.4. The molecule has 2 heterocycles. The van der Waals surface area contributed by atoms with Gasteiger partial charge in [0.15, 0.2) is 0 Å². The van der Waals surface area contributed by atoms with Crippen LogP contribution in [0.2, 0.25) is 0 Å². The van der Waals surface area contributed by atoms with Gasteiger partial charge in [0, 0.05) is 43.7 Å². The fourth-order valence-corrected chi connectivity index (χ4v) is 4.18.